The minimum absolute atomic E-state index is 0.154. The average molecular weight is 248 g/mol. The predicted molar refractivity (Wildman–Crippen MR) is 62.1 cm³/mol. The smallest absolute Gasteiger partial charge is 0.339 e. The van der Waals surface area contributed by atoms with Gasteiger partial charge in [0.25, 0.3) is 0 Å². The molecule has 0 saturated carbocycles. The highest BCUT2D eigenvalue weighted by Gasteiger charge is 2.12. The molecule has 0 saturated heterocycles. The first-order chi connectivity index (χ1) is 8.49. The lowest BCUT2D eigenvalue weighted by atomic mass is 10.0. The van der Waals surface area contributed by atoms with Gasteiger partial charge in [-0.15, -0.1) is 0 Å². The molecular weight excluding hydrogens is 239 g/mol. The first-order valence-electron chi connectivity index (χ1n) is 5.04. The molecule has 2 aromatic carbocycles. The highest BCUT2D eigenvalue weighted by Crippen LogP contribution is 2.32. The van der Waals surface area contributed by atoms with Gasteiger partial charge in [0.1, 0.15) is 22.9 Å². The number of phenolic OH excluding ortho intramolecular Hbond substituents is 1. The summed E-state index contributed by atoms with van der Waals surface area (Å²) < 4.78 is 13.1. The van der Waals surface area contributed by atoms with E-state index < -0.39 is 17.5 Å². The maximum atomic E-state index is 13.1. The van der Waals surface area contributed by atoms with E-state index >= 15 is 0 Å². The maximum Gasteiger partial charge on any atom is 0.339 e. The Hall–Kier alpha value is -2.56. The van der Waals surface area contributed by atoms with Crippen molar-refractivity contribution < 1.29 is 24.5 Å². The van der Waals surface area contributed by atoms with Crippen molar-refractivity contribution in [3.63, 3.8) is 0 Å². The Morgan fingerprint density at radius 1 is 1.00 bits per heavy atom. The van der Waals surface area contributed by atoms with Crippen LogP contribution >= 0.6 is 0 Å². The Bertz CT molecular complexity index is 622. The van der Waals surface area contributed by atoms with Crippen LogP contribution in [-0.2, 0) is 0 Å². The number of rotatable bonds is 2. The Balaban J connectivity index is 2.55. The van der Waals surface area contributed by atoms with E-state index in [9.17, 15) is 19.4 Å². The molecule has 3 N–H and O–H groups in total. The minimum Gasteiger partial charge on any atom is -0.507 e. The number of phenols is 2. The molecule has 0 atom stereocenters. The van der Waals surface area contributed by atoms with Gasteiger partial charge in [0.05, 0.1) is 0 Å². The number of aromatic hydroxyl groups is 2. The van der Waals surface area contributed by atoms with Crippen molar-refractivity contribution in [3.8, 4) is 22.6 Å². The van der Waals surface area contributed by atoms with E-state index in [0.717, 1.165) is 18.2 Å². The van der Waals surface area contributed by atoms with Gasteiger partial charge >= 0.3 is 5.97 Å². The van der Waals surface area contributed by atoms with Crippen LogP contribution in [0.15, 0.2) is 36.4 Å². The van der Waals surface area contributed by atoms with Crippen molar-refractivity contribution in [1.29, 1.82) is 0 Å². The second-order valence-corrected chi connectivity index (χ2v) is 3.70. The van der Waals surface area contributed by atoms with E-state index in [1.807, 2.05) is 0 Å². The third kappa shape index (κ3) is 2.10. The minimum atomic E-state index is -1.26. The maximum absolute atomic E-state index is 13.1. The van der Waals surface area contributed by atoms with Gasteiger partial charge in [-0.2, -0.15) is 0 Å². The van der Waals surface area contributed by atoms with Gasteiger partial charge in [0.2, 0.25) is 0 Å². The van der Waals surface area contributed by atoms with Crippen LogP contribution in [-0.4, -0.2) is 21.3 Å². The second kappa shape index (κ2) is 4.37. The van der Waals surface area contributed by atoms with E-state index in [2.05, 4.69) is 0 Å². The summed E-state index contributed by atoms with van der Waals surface area (Å²) in [7, 11) is 0. The molecule has 4 nitrogen and oxygen atoms in total. The number of carboxylic acids is 1. The monoisotopic (exact) mass is 248 g/mol. The summed E-state index contributed by atoms with van der Waals surface area (Å²) in [6.07, 6.45) is 0. The quantitative estimate of drug-likeness (QED) is 0.763. The van der Waals surface area contributed by atoms with E-state index in [4.69, 9.17) is 5.11 Å². The highest BCUT2D eigenvalue weighted by atomic mass is 19.1. The standard InChI is InChI=1S/C13H9FO4/c14-8-2-4-11(15)10(6-8)7-1-3-9(13(17)18)12(16)5-7/h1-6,15-16H,(H,17,18). The van der Waals surface area contributed by atoms with Crippen molar-refractivity contribution in [2.24, 2.45) is 0 Å². The van der Waals surface area contributed by atoms with Crippen molar-refractivity contribution in [1.82, 2.24) is 0 Å². The van der Waals surface area contributed by atoms with Crippen molar-refractivity contribution >= 4 is 5.97 Å². The highest BCUT2D eigenvalue weighted by molar-refractivity contribution is 5.92. The third-order valence-electron chi connectivity index (χ3n) is 2.50. The van der Waals surface area contributed by atoms with Crippen LogP contribution < -0.4 is 0 Å². The molecule has 0 unspecified atom stereocenters. The largest absolute Gasteiger partial charge is 0.507 e. The summed E-state index contributed by atoms with van der Waals surface area (Å²) in [5, 5.41) is 27.9. The summed E-state index contributed by atoms with van der Waals surface area (Å²) in [6.45, 7) is 0. The molecule has 0 fully saturated rings. The topological polar surface area (TPSA) is 77.8 Å². The Labute approximate surface area is 102 Å². The average Bonchev–Trinajstić information content (AvgIpc) is 2.31. The lowest BCUT2D eigenvalue weighted by molar-refractivity contribution is 0.0694. The number of aromatic carboxylic acids is 1. The van der Waals surface area contributed by atoms with Crippen molar-refractivity contribution in [3.05, 3.63) is 47.8 Å². The lowest BCUT2D eigenvalue weighted by Gasteiger charge is -2.07. The molecule has 0 bridgehead atoms. The fourth-order valence-electron chi connectivity index (χ4n) is 1.62. The van der Waals surface area contributed by atoms with Gasteiger partial charge in [-0.05, 0) is 35.9 Å². The number of carbonyl (C=O) groups is 1. The fourth-order valence-corrected chi connectivity index (χ4v) is 1.62. The van der Waals surface area contributed by atoms with Crippen LogP contribution in [0, 0.1) is 5.82 Å². The van der Waals surface area contributed by atoms with E-state index in [-0.39, 0.29) is 16.9 Å². The molecule has 0 aliphatic heterocycles. The van der Waals surface area contributed by atoms with Crippen LogP contribution in [0.25, 0.3) is 11.1 Å². The molecule has 0 aromatic heterocycles. The zero-order chi connectivity index (χ0) is 13.3. The van der Waals surface area contributed by atoms with Crippen LogP contribution in [0.2, 0.25) is 0 Å². The summed E-state index contributed by atoms with van der Waals surface area (Å²) in [4.78, 5) is 10.7. The molecule has 0 spiro atoms. The van der Waals surface area contributed by atoms with E-state index in [1.165, 1.54) is 18.2 Å². The van der Waals surface area contributed by atoms with Gasteiger partial charge in [-0.3, -0.25) is 0 Å². The number of benzene rings is 2. The molecule has 92 valence electrons. The fraction of sp³-hybridized carbons (Fsp3) is 0. The Morgan fingerprint density at radius 3 is 2.33 bits per heavy atom. The normalized spacial score (nSPS) is 10.3. The predicted octanol–water partition coefficient (Wildman–Crippen LogP) is 2.60. The van der Waals surface area contributed by atoms with Gasteiger partial charge in [0.15, 0.2) is 0 Å². The second-order valence-electron chi connectivity index (χ2n) is 3.70. The summed E-state index contributed by atoms with van der Waals surface area (Å²) in [6, 6.07) is 7.13. The number of carboxylic acid groups (broad SMARTS) is 1. The molecule has 2 aromatic rings. The molecule has 0 amide bonds. The Kier molecular flexibility index (Phi) is 2.89. The lowest BCUT2D eigenvalue weighted by Crippen LogP contribution is -1.96. The molecule has 0 heterocycles. The van der Waals surface area contributed by atoms with Gasteiger partial charge in [-0.25, -0.2) is 9.18 Å². The zero-order valence-corrected chi connectivity index (χ0v) is 9.09. The van der Waals surface area contributed by atoms with Crippen LogP contribution in [0.1, 0.15) is 10.4 Å². The molecule has 0 aliphatic rings. The molecular formula is C13H9FO4. The van der Waals surface area contributed by atoms with Gasteiger partial charge < -0.3 is 15.3 Å². The van der Waals surface area contributed by atoms with Gasteiger partial charge in [0, 0.05) is 5.56 Å². The summed E-state index contributed by atoms with van der Waals surface area (Å²) in [5.74, 6) is -2.39. The number of hydrogen-bond donors (Lipinski definition) is 3. The SMILES string of the molecule is O=C(O)c1ccc(-c2cc(F)ccc2O)cc1O. The first kappa shape index (κ1) is 11.9. The van der Waals surface area contributed by atoms with Crippen LogP contribution in [0.3, 0.4) is 0 Å². The van der Waals surface area contributed by atoms with Crippen molar-refractivity contribution in [2.45, 2.75) is 0 Å². The molecule has 2 rings (SSSR count). The zero-order valence-electron chi connectivity index (χ0n) is 9.09. The first-order valence-corrected chi connectivity index (χ1v) is 5.04. The van der Waals surface area contributed by atoms with Crippen molar-refractivity contribution in [2.75, 3.05) is 0 Å². The number of hydrogen-bond acceptors (Lipinski definition) is 3. The van der Waals surface area contributed by atoms with Gasteiger partial charge in [-0.1, -0.05) is 6.07 Å². The summed E-state index contributed by atoms with van der Waals surface area (Å²) >= 11 is 0. The van der Waals surface area contributed by atoms with Crippen LogP contribution in [0.5, 0.6) is 11.5 Å². The molecule has 5 heteroatoms. The molecule has 18 heavy (non-hydrogen) atoms. The molecule has 0 aliphatic carbocycles. The molecule has 0 radical (unpaired) electrons. The van der Waals surface area contributed by atoms with E-state index in [1.54, 1.807) is 0 Å². The van der Waals surface area contributed by atoms with E-state index in [0.29, 0.717) is 5.56 Å². The third-order valence-corrected chi connectivity index (χ3v) is 2.50. The summed E-state index contributed by atoms with van der Waals surface area (Å²) in [5.41, 5.74) is 0.256. The number of halogens is 1. The Morgan fingerprint density at radius 2 is 1.72 bits per heavy atom. The van der Waals surface area contributed by atoms with Crippen LogP contribution in [0.4, 0.5) is 4.39 Å².